The number of pyridine rings is 1. The van der Waals surface area contributed by atoms with Crippen LogP contribution in [-0.4, -0.2) is 20.1 Å². The van der Waals surface area contributed by atoms with E-state index in [1.165, 1.54) is 6.07 Å². The Morgan fingerprint density at radius 1 is 1.29 bits per heavy atom. The van der Waals surface area contributed by atoms with Crippen molar-refractivity contribution in [3.8, 4) is 0 Å². The van der Waals surface area contributed by atoms with Crippen molar-refractivity contribution in [2.24, 2.45) is 0 Å². The smallest absolute Gasteiger partial charge is 0.277 e. The molecule has 0 aliphatic rings. The number of nitro groups is 1. The number of nitrogens with zero attached hydrogens (tertiary/aromatic N) is 3. The topological polar surface area (TPSA) is 96.7 Å². The molecule has 0 bridgehead atoms. The van der Waals surface area contributed by atoms with Crippen LogP contribution in [0.2, 0.25) is 0 Å². The van der Waals surface area contributed by atoms with Crippen molar-refractivity contribution < 1.29 is 4.92 Å². The summed E-state index contributed by atoms with van der Waals surface area (Å²) in [5, 5.41) is 22.4. The van der Waals surface area contributed by atoms with Crippen molar-refractivity contribution in [3.05, 3.63) is 58.7 Å². The molecular formula is C14H13N5O2. The summed E-state index contributed by atoms with van der Waals surface area (Å²) >= 11 is 0. The summed E-state index contributed by atoms with van der Waals surface area (Å²) in [6.45, 7) is 1.99. The van der Waals surface area contributed by atoms with Gasteiger partial charge in [-0.1, -0.05) is 0 Å². The summed E-state index contributed by atoms with van der Waals surface area (Å²) in [7, 11) is 0. The van der Waals surface area contributed by atoms with E-state index < -0.39 is 0 Å². The molecule has 3 aromatic rings. The first-order chi connectivity index (χ1) is 10.2. The first-order valence-corrected chi connectivity index (χ1v) is 6.43. The van der Waals surface area contributed by atoms with Crippen molar-refractivity contribution in [2.75, 3.05) is 5.32 Å². The molecule has 2 aromatic heterocycles. The predicted octanol–water partition coefficient (Wildman–Crippen LogP) is 3.04. The van der Waals surface area contributed by atoms with Crippen molar-refractivity contribution in [2.45, 2.75) is 13.0 Å². The van der Waals surface area contributed by atoms with E-state index in [0.717, 1.165) is 16.6 Å². The van der Waals surface area contributed by atoms with E-state index >= 15 is 0 Å². The molecule has 0 saturated carbocycles. The highest BCUT2D eigenvalue weighted by Crippen LogP contribution is 2.32. The zero-order chi connectivity index (χ0) is 14.8. The summed E-state index contributed by atoms with van der Waals surface area (Å²) in [5.74, 6) is 0. The number of nitrogens with one attached hydrogen (secondary N) is 2. The molecule has 0 aliphatic carbocycles. The van der Waals surface area contributed by atoms with Crippen molar-refractivity contribution in [3.63, 3.8) is 0 Å². The van der Waals surface area contributed by atoms with E-state index in [-0.39, 0.29) is 16.7 Å². The lowest BCUT2D eigenvalue weighted by molar-refractivity contribution is -0.383. The van der Waals surface area contributed by atoms with E-state index in [0.29, 0.717) is 5.39 Å². The second-order valence-corrected chi connectivity index (χ2v) is 4.71. The monoisotopic (exact) mass is 283 g/mol. The van der Waals surface area contributed by atoms with E-state index in [1.807, 2.05) is 13.1 Å². The van der Waals surface area contributed by atoms with Crippen LogP contribution >= 0.6 is 0 Å². The Bertz CT molecular complexity index is 785. The van der Waals surface area contributed by atoms with Gasteiger partial charge in [0, 0.05) is 41.3 Å². The van der Waals surface area contributed by atoms with Crippen LogP contribution in [0.15, 0.2) is 43.0 Å². The van der Waals surface area contributed by atoms with Crippen molar-refractivity contribution in [1.82, 2.24) is 15.2 Å². The third kappa shape index (κ3) is 2.40. The predicted molar refractivity (Wildman–Crippen MR) is 79.0 cm³/mol. The standard InChI is InChI=1S/C14H13N5O2/c1-9(10-6-16-17-7-10)18-13-2-3-14(19(20)21)11-4-5-15-8-12(11)13/h2-9,18H,1H3,(H,16,17). The number of aromatic nitrogens is 3. The lowest BCUT2D eigenvalue weighted by atomic mass is 10.1. The minimum Gasteiger partial charge on any atom is -0.378 e. The average molecular weight is 283 g/mol. The number of rotatable bonds is 4. The second kappa shape index (κ2) is 5.20. The second-order valence-electron chi connectivity index (χ2n) is 4.71. The van der Waals surface area contributed by atoms with Gasteiger partial charge in [0.05, 0.1) is 22.5 Å². The van der Waals surface area contributed by atoms with Crippen LogP contribution in [0.4, 0.5) is 11.4 Å². The van der Waals surface area contributed by atoms with Gasteiger partial charge in [0.15, 0.2) is 0 Å². The summed E-state index contributed by atoms with van der Waals surface area (Å²) in [4.78, 5) is 14.8. The highest BCUT2D eigenvalue weighted by Gasteiger charge is 2.15. The molecule has 0 aliphatic heterocycles. The minimum atomic E-state index is -0.383. The maximum absolute atomic E-state index is 11.1. The lowest BCUT2D eigenvalue weighted by Crippen LogP contribution is -2.06. The van der Waals surface area contributed by atoms with Gasteiger partial charge in [-0.15, -0.1) is 0 Å². The Morgan fingerprint density at radius 2 is 2.14 bits per heavy atom. The van der Waals surface area contributed by atoms with Gasteiger partial charge >= 0.3 is 0 Å². The number of aromatic amines is 1. The highest BCUT2D eigenvalue weighted by molar-refractivity contribution is 5.99. The number of hydrogen-bond donors (Lipinski definition) is 2. The zero-order valence-corrected chi connectivity index (χ0v) is 11.3. The third-order valence-corrected chi connectivity index (χ3v) is 3.38. The van der Waals surface area contributed by atoms with Crippen LogP contribution in [0.25, 0.3) is 10.8 Å². The van der Waals surface area contributed by atoms with Gasteiger partial charge in [-0.3, -0.25) is 20.2 Å². The Balaban J connectivity index is 2.04. The van der Waals surface area contributed by atoms with E-state index in [9.17, 15) is 10.1 Å². The Hall–Kier alpha value is -2.96. The molecule has 1 aromatic carbocycles. The average Bonchev–Trinajstić information content (AvgIpc) is 3.01. The largest absolute Gasteiger partial charge is 0.378 e. The van der Waals surface area contributed by atoms with Gasteiger partial charge in [-0.25, -0.2) is 0 Å². The third-order valence-electron chi connectivity index (χ3n) is 3.38. The molecule has 0 amide bonds. The molecule has 0 saturated heterocycles. The summed E-state index contributed by atoms with van der Waals surface area (Å²) in [6.07, 6.45) is 6.73. The van der Waals surface area contributed by atoms with E-state index in [2.05, 4.69) is 20.5 Å². The number of benzene rings is 1. The van der Waals surface area contributed by atoms with Crippen LogP contribution in [0.1, 0.15) is 18.5 Å². The molecule has 2 heterocycles. The quantitative estimate of drug-likeness (QED) is 0.566. The summed E-state index contributed by atoms with van der Waals surface area (Å²) < 4.78 is 0. The number of hydrogen-bond acceptors (Lipinski definition) is 5. The molecule has 0 spiro atoms. The van der Waals surface area contributed by atoms with Crippen LogP contribution in [-0.2, 0) is 0 Å². The SMILES string of the molecule is CC(Nc1ccc([N+](=O)[O-])c2ccncc12)c1cn[nH]c1. The minimum absolute atomic E-state index is 0.0219. The molecule has 1 unspecified atom stereocenters. The van der Waals surface area contributed by atoms with E-state index in [4.69, 9.17) is 0 Å². The fourth-order valence-corrected chi connectivity index (χ4v) is 2.27. The molecule has 7 heteroatoms. The number of fused-ring (bicyclic) bond motifs is 1. The highest BCUT2D eigenvalue weighted by atomic mass is 16.6. The number of nitro benzene ring substituents is 1. The van der Waals surface area contributed by atoms with Gasteiger partial charge in [0.1, 0.15) is 0 Å². The van der Waals surface area contributed by atoms with Gasteiger partial charge in [0.25, 0.3) is 5.69 Å². The Morgan fingerprint density at radius 3 is 2.86 bits per heavy atom. The fourth-order valence-electron chi connectivity index (χ4n) is 2.27. The van der Waals surface area contributed by atoms with Crippen LogP contribution in [0.3, 0.4) is 0 Å². The molecule has 1 atom stereocenters. The van der Waals surface area contributed by atoms with Crippen LogP contribution < -0.4 is 5.32 Å². The summed E-state index contributed by atoms with van der Waals surface area (Å²) in [6, 6.07) is 4.89. The lowest BCUT2D eigenvalue weighted by Gasteiger charge is -2.15. The Kier molecular flexibility index (Phi) is 3.23. The van der Waals surface area contributed by atoms with Gasteiger partial charge in [-0.05, 0) is 19.1 Å². The summed E-state index contributed by atoms with van der Waals surface area (Å²) in [5.41, 5.74) is 1.89. The number of H-pyrrole nitrogens is 1. The maximum Gasteiger partial charge on any atom is 0.277 e. The number of anilines is 1. The van der Waals surface area contributed by atoms with Crippen LogP contribution in [0, 0.1) is 10.1 Å². The van der Waals surface area contributed by atoms with Gasteiger partial charge in [-0.2, -0.15) is 5.10 Å². The van der Waals surface area contributed by atoms with Gasteiger partial charge < -0.3 is 5.32 Å². The molecule has 2 N–H and O–H groups in total. The zero-order valence-electron chi connectivity index (χ0n) is 11.3. The molecule has 0 radical (unpaired) electrons. The van der Waals surface area contributed by atoms with E-state index in [1.54, 1.807) is 30.7 Å². The molecule has 0 fully saturated rings. The first-order valence-electron chi connectivity index (χ1n) is 6.43. The number of non-ortho nitro benzene ring substituents is 1. The Labute approximate surface area is 120 Å². The molecule has 106 valence electrons. The van der Waals surface area contributed by atoms with Crippen molar-refractivity contribution >= 4 is 22.1 Å². The molecule has 3 rings (SSSR count). The van der Waals surface area contributed by atoms with Crippen molar-refractivity contribution in [1.29, 1.82) is 0 Å². The molecule has 21 heavy (non-hydrogen) atoms. The fraction of sp³-hybridized carbons (Fsp3) is 0.143. The normalized spacial score (nSPS) is 12.2. The molecular weight excluding hydrogens is 270 g/mol. The van der Waals surface area contributed by atoms with Crippen LogP contribution in [0.5, 0.6) is 0 Å². The first kappa shape index (κ1) is 13.0. The molecule has 7 nitrogen and oxygen atoms in total. The van der Waals surface area contributed by atoms with Gasteiger partial charge in [0.2, 0.25) is 0 Å². The maximum atomic E-state index is 11.1.